The van der Waals surface area contributed by atoms with Crippen molar-refractivity contribution in [2.45, 2.75) is 30.3 Å². The SMILES string of the molecule is CCCC(Cl)(Cl)C(/N=C(\NC#N)Nc1cccnc1)NC(=O)c1ccc(Cl)cc1. The number of carbonyl (C=O) groups is 1. The molecule has 1 atom stereocenters. The number of nitrogens with zero attached hydrogens (tertiary/aromatic N) is 3. The molecule has 0 aliphatic rings. The van der Waals surface area contributed by atoms with Crippen LogP contribution in [-0.2, 0) is 0 Å². The van der Waals surface area contributed by atoms with Crippen molar-refractivity contribution in [3.05, 3.63) is 59.4 Å². The van der Waals surface area contributed by atoms with Crippen LogP contribution < -0.4 is 16.0 Å². The van der Waals surface area contributed by atoms with E-state index in [-0.39, 0.29) is 5.96 Å². The fourth-order valence-electron chi connectivity index (χ4n) is 2.36. The fraction of sp³-hybridized carbons (Fsp3) is 0.263. The van der Waals surface area contributed by atoms with Gasteiger partial charge in [-0.2, -0.15) is 5.26 Å². The van der Waals surface area contributed by atoms with Crippen LogP contribution in [0.15, 0.2) is 53.8 Å². The Labute approximate surface area is 184 Å². The van der Waals surface area contributed by atoms with Crippen LogP contribution >= 0.6 is 34.8 Å². The Bertz CT molecular complexity index is 881. The lowest BCUT2D eigenvalue weighted by Crippen LogP contribution is -2.47. The molecule has 0 saturated carbocycles. The summed E-state index contributed by atoms with van der Waals surface area (Å²) in [6.45, 7) is 1.91. The van der Waals surface area contributed by atoms with Gasteiger partial charge in [0.15, 0.2) is 16.7 Å². The van der Waals surface area contributed by atoms with Gasteiger partial charge >= 0.3 is 0 Å². The number of nitrogens with one attached hydrogen (secondary N) is 3. The summed E-state index contributed by atoms with van der Waals surface area (Å²) in [5.74, 6) is -0.376. The molecule has 3 N–H and O–H groups in total. The number of halogens is 3. The minimum Gasteiger partial charge on any atom is -0.328 e. The van der Waals surface area contributed by atoms with Gasteiger partial charge in [-0.05, 0) is 42.8 Å². The molecular weight excluding hydrogens is 435 g/mol. The third kappa shape index (κ3) is 7.09. The van der Waals surface area contributed by atoms with Crippen molar-refractivity contribution < 1.29 is 4.79 Å². The number of hydrogen-bond donors (Lipinski definition) is 3. The number of benzene rings is 1. The molecule has 0 aliphatic carbocycles. The van der Waals surface area contributed by atoms with Gasteiger partial charge < -0.3 is 10.6 Å². The highest BCUT2D eigenvalue weighted by Crippen LogP contribution is 2.32. The van der Waals surface area contributed by atoms with Crippen LogP contribution in [0.25, 0.3) is 0 Å². The Hall–Kier alpha value is -2.53. The normalized spacial score (nSPS) is 12.6. The summed E-state index contributed by atoms with van der Waals surface area (Å²) in [4.78, 5) is 21.0. The molecule has 1 aromatic carbocycles. The number of nitriles is 1. The number of aliphatic imine (C=N–C) groups is 1. The maximum Gasteiger partial charge on any atom is 0.253 e. The highest BCUT2D eigenvalue weighted by Gasteiger charge is 2.36. The lowest BCUT2D eigenvalue weighted by atomic mass is 10.1. The van der Waals surface area contributed by atoms with Gasteiger partial charge in [0, 0.05) is 16.8 Å². The minimum absolute atomic E-state index is 0.0590. The fourth-order valence-corrected chi connectivity index (χ4v) is 3.07. The van der Waals surface area contributed by atoms with E-state index < -0.39 is 16.4 Å². The second-order valence-corrected chi connectivity index (χ2v) is 7.95. The van der Waals surface area contributed by atoms with E-state index in [0.29, 0.717) is 29.1 Å². The molecule has 0 bridgehead atoms. The van der Waals surface area contributed by atoms with Crippen molar-refractivity contribution in [2.24, 2.45) is 4.99 Å². The van der Waals surface area contributed by atoms with Crippen LogP contribution in [0.2, 0.25) is 5.02 Å². The second kappa shape index (κ2) is 10.9. The van der Waals surface area contributed by atoms with Crippen molar-refractivity contribution >= 4 is 52.4 Å². The maximum atomic E-state index is 12.7. The van der Waals surface area contributed by atoms with Gasteiger partial charge in [0.2, 0.25) is 5.96 Å². The van der Waals surface area contributed by atoms with E-state index in [1.807, 2.05) is 6.92 Å². The maximum absolute atomic E-state index is 12.7. The van der Waals surface area contributed by atoms with Crippen LogP contribution in [0.1, 0.15) is 30.1 Å². The predicted octanol–water partition coefficient (Wildman–Crippen LogP) is 4.30. The first-order valence-corrected chi connectivity index (χ1v) is 9.83. The number of guanidine groups is 1. The van der Waals surface area contributed by atoms with Crippen LogP contribution in [-0.4, -0.2) is 27.3 Å². The summed E-state index contributed by atoms with van der Waals surface area (Å²) in [5, 5.41) is 17.6. The Morgan fingerprint density at radius 1 is 1.31 bits per heavy atom. The Morgan fingerprint density at radius 2 is 2.03 bits per heavy atom. The molecule has 29 heavy (non-hydrogen) atoms. The average molecular weight is 454 g/mol. The van der Waals surface area contributed by atoms with Gasteiger partial charge in [-0.15, -0.1) is 0 Å². The quantitative estimate of drug-likeness (QED) is 0.191. The Balaban J connectivity index is 2.32. The molecule has 2 rings (SSSR count). The minimum atomic E-state index is -1.41. The van der Waals surface area contributed by atoms with E-state index in [0.717, 1.165) is 0 Å². The first-order valence-electron chi connectivity index (χ1n) is 8.70. The molecule has 10 heteroatoms. The van der Waals surface area contributed by atoms with E-state index >= 15 is 0 Å². The summed E-state index contributed by atoms with van der Waals surface area (Å²) >= 11 is 18.8. The largest absolute Gasteiger partial charge is 0.328 e. The molecule has 1 unspecified atom stereocenters. The lowest BCUT2D eigenvalue weighted by molar-refractivity contribution is 0.0934. The monoisotopic (exact) mass is 452 g/mol. The number of anilines is 1. The highest BCUT2D eigenvalue weighted by atomic mass is 35.5. The van der Waals surface area contributed by atoms with Gasteiger partial charge in [-0.25, -0.2) is 4.99 Å². The zero-order chi connectivity index (χ0) is 21.3. The van der Waals surface area contributed by atoms with Gasteiger partial charge in [0.1, 0.15) is 0 Å². The number of aromatic nitrogens is 1. The van der Waals surface area contributed by atoms with E-state index in [1.165, 1.54) is 0 Å². The molecule has 0 aliphatic heterocycles. The van der Waals surface area contributed by atoms with Gasteiger partial charge in [0.25, 0.3) is 5.91 Å². The van der Waals surface area contributed by atoms with Crippen molar-refractivity contribution in [3.8, 4) is 6.19 Å². The zero-order valence-corrected chi connectivity index (χ0v) is 17.8. The molecule has 2 aromatic rings. The predicted molar refractivity (Wildman–Crippen MR) is 116 cm³/mol. The molecular formula is C19H19Cl3N6O. The van der Waals surface area contributed by atoms with E-state index in [9.17, 15) is 4.79 Å². The van der Waals surface area contributed by atoms with Crippen molar-refractivity contribution in [2.75, 3.05) is 5.32 Å². The van der Waals surface area contributed by atoms with Crippen LogP contribution in [0, 0.1) is 11.5 Å². The molecule has 7 nitrogen and oxygen atoms in total. The average Bonchev–Trinajstić information content (AvgIpc) is 2.69. The van der Waals surface area contributed by atoms with Crippen molar-refractivity contribution in [1.82, 2.24) is 15.6 Å². The Kier molecular flexibility index (Phi) is 8.52. The molecule has 1 aromatic heterocycles. The lowest BCUT2D eigenvalue weighted by Gasteiger charge is -2.28. The van der Waals surface area contributed by atoms with E-state index in [2.05, 4.69) is 25.9 Å². The number of carbonyl (C=O) groups excluding carboxylic acids is 1. The molecule has 0 radical (unpaired) electrons. The summed E-state index contributed by atoms with van der Waals surface area (Å²) in [5.41, 5.74) is 0.951. The molecule has 0 fully saturated rings. The van der Waals surface area contributed by atoms with Crippen LogP contribution in [0.4, 0.5) is 5.69 Å². The van der Waals surface area contributed by atoms with E-state index in [1.54, 1.807) is 55.0 Å². The smallest absolute Gasteiger partial charge is 0.253 e. The van der Waals surface area contributed by atoms with E-state index in [4.69, 9.17) is 40.1 Å². The van der Waals surface area contributed by atoms with Gasteiger partial charge in [-0.3, -0.25) is 15.1 Å². The van der Waals surface area contributed by atoms with Crippen molar-refractivity contribution in [3.63, 3.8) is 0 Å². The number of amides is 1. The summed E-state index contributed by atoms with van der Waals surface area (Å²) in [6.07, 6.45) is 4.92. The third-order valence-electron chi connectivity index (χ3n) is 3.71. The standard InChI is InChI=1S/C19H19Cl3N6O/c1-2-9-19(21,22)17(27-16(29)13-5-7-14(20)8-6-13)28-18(25-12-23)26-15-4-3-10-24-11-15/h3-8,10-11,17H,2,9H2,1H3,(H,27,29)(H2,25,26,28). The zero-order valence-electron chi connectivity index (χ0n) is 15.5. The molecule has 152 valence electrons. The molecule has 0 spiro atoms. The summed E-state index contributed by atoms with van der Waals surface area (Å²) in [6, 6.07) is 9.81. The summed E-state index contributed by atoms with van der Waals surface area (Å²) < 4.78 is -1.41. The number of hydrogen-bond acceptors (Lipinski definition) is 4. The molecule has 0 saturated heterocycles. The van der Waals surface area contributed by atoms with Crippen LogP contribution in [0.5, 0.6) is 0 Å². The summed E-state index contributed by atoms with van der Waals surface area (Å²) in [7, 11) is 0. The topological polar surface area (TPSA) is 102 Å². The van der Waals surface area contributed by atoms with Crippen LogP contribution in [0.3, 0.4) is 0 Å². The van der Waals surface area contributed by atoms with Gasteiger partial charge in [-0.1, -0.05) is 48.1 Å². The first-order chi connectivity index (χ1) is 13.9. The first kappa shape index (κ1) is 22.8. The third-order valence-corrected chi connectivity index (χ3v) is 4.76. The number of rotatable bonds is 7. The molecule has 1 amide bonds. The van der Waals surface area contributed by atoms with Crippen molar-refractivity contribution in [1.29, 1.82) is 5.26 Å². The Morgan fingerprint density at radius 3 is 2.62 bits per heavy atom. The van der Waals surface area contributed by atoms with Gasteiger partial charge in [0.05, 0.1) is 11.9 Å². The highest BCUT2D eigenvalue weighted by molar-refractivity contribution is 6.49. The molecule has 1 heterocycles. The second-order valence-electron chi connectivity index (χ2n) is 5.98. The number of pyridine rings is 1. The number of alkyl halides is 2.